The first-order valence-corrected chi connectivity index (χ1v) is 7.01. The lowest BCUT2D eigenvalue weighted by Crippen LogP contribution is -2.10. The van der Waals surface area contributed by atoms with Gasteiger partial charge in [-0.15, -0.1) is 11.6 Å². The fraction of sp³-hybridized carbons (Fsp3) is 0.286. The lowest BCUT2D eigenvalue weighted by Gasteiger charge is -2.09. The van der Waals surface area contributed by atoms with Gasteiger partial charge in [0.15, 0.2) is 11.6 Å². The Morgan fingerprint density at radius 1 is 1.24 bits per heavy atom. The van der Waals surface area contributed by atoms with Crippen molar-refractivity contribution in [2.75, 3.05) is 5.88 Å². The normalized spacial score (nSPS) is 11.4. The summed E-state index contributed by atoms with van der Waals surface area (Å²) < 4.78 is 31.0. The van der Waals surface area contributed by atoms with E-state index in [9.17, 15) is 8.78 Å². The average Bonchev–Trinajstić information content (AvgIpc) is 3.01. The van der Waals surface area contributed by atoms with E-state index in [-0.39, 0.29) is 5.52 Å². The lowest BCUT2D eigenvalue weighted by atomic mass is 10.3. The van der Waals surface area contributed by atoms with Crippen LogP contribution in [-0.2, 0) is 20.0 Å². The Morgan fingerprint density at radius 2 is 2.05 bits per heavy atom. The van der Waals surface area contributed by atoms with Crippen molar-refractivity contribution in [3.63, 3.8) is 0 Å². The third kappa shape index (κ3) is 2.40. The number of aromatic nitrogens is 4. The molecule has 3 aromatic rings. The number of imidazole rings is 1. The molecule has 2 heterocycles. The topological polar surface area (TPSA) is 35.6 Å². The summed E-state index contributed by atoms with van der Waals surface area (Å²) in [6, 6.07) is 4.39. The summed E-state index contributed by atoms with van der Waals surface area (Å²) in [7, 11) is 1.80. The molecule has 0 atom stereocenters. The molecule has 0 amide bonds. The predicted octanol–water partition coefficient (Wildman–Crippen LogP) is 2.88. The van der Waals surface area contributed by atoms with Crippen LogP contribution in [0.15, 0.2) is 24.4 Å². The van der Waals surface area contributed by atoms with Crippen molar-refractivity contribution in [3.05, 3.63) is 47.5 Å². The van der Waals surface area contributed by atoms with Crippen molar-refractivity contribution in [3.8, 4) is 0 Å². The van der Waals surface area contributed by atoms with Gasteiger partial charge in [0.25, 0.3) is 0 Å². The molecule has 0 spiro atoms. The number of benzene rings is 1. The summed E-state index contributed by atoms with van der Waals surface area (Å²) >= 11 is 5.78. The largest absolute Gasteiger partial charge is 0.319 e. The SMILES string of the molecule is Cn1nccc1Cn1c(CCCl)nc2ccc(F)c(F)c21. The van der Waals surface area contributed by atoms with E-state index in [4.69, 9.17) is 11.6 Å². The summed E-state index contributed by atoms with van der Waals surface area (Å²) in [6.07, 6.45) is 2.14. The number of rotatable bonds is 4. The van der Waals surface area contributed by atoms with Gasteiger partial charge in [0, 0.05) is 25.5 Å². The monoisotopic (exact) mass is 310 g/mol. The highest BCUT2D eigenvalue weighted by Gasteiger charge is 2.18. The first-order chi connectivity index (χ1) is 10.1. The molecule has 0 aliphatic carbocycles. The summed E-state index contributed by atoms with van der Waals surface area (Å²) in [5.41, 5.74) is 1.46. The van der Waals surface area contributed by atoms with Gasteiger partial charge in [-0.05, 0) is 18.2 Å². The smallest absolute Gasteiger partial charge is 0.184 e. The van der Waals surface area contributed by atoms with Crippen LogP contribution in [0.1, 0.15) is 11.5 Å². The Balaban J connectivity index is 2.19. The molecule has 2 aromatic heterocycles. The van der Waals surface area contributed by atoms with Gasteiger partial charge in [-0.3, -0.25) is 4.68 Å². The molecule has 0 saturated carbocycles. The van der Waals surface area contributed by atoms with Gasteiger partial charge in [-0.2, -0.15) is 5.10 Å². The first-order valence-electron chi connectivity index (χ1n) is 6.47. The molecular formula is C14H13ClF2N4. The second-order valence-electron chi connectivity index (χ2n) is 4.73. The zero-order valence-electron chi connectivity index (χ0n) is 11.4. The zero-order valence-corrected chi connectivity index (χ0v) is 12.1. The van der Waals surface area contributed by atoms with Crippen molar-refractivity contribution in [1.29, 1.82) is 0 Å². The van der Waals surface area contributed by atoms with Crippen LogP contribution >= 0.6 is 11.6 Å². The molecule has 7 heteroatoms. The van der Waals surface area contributed by atoms with E-state index < -0.39 is 11.6 Å². The number of nitrogens with zero attached hydrogens (tertiary/aromatic N) is 4. The Hall–Kier alpha value is -1.95. The van der Waals surface area contributed by atoms with Crippen LogP contribution < -0.4 is 0 Å². The highest BCUT2D eigenvalue weighted by atomic mass is 35.5. The van der Waals surface area contributed by atoms with Gasteiger partial charge in [0.1, 0.15) is 11.3 Å². The standard InChI is InChI=1S/C14H13ClF2N4/c1-20-9(5-7-18-20)8-21-12(4-6-15)19-11-3-2-10(16)13(17)14(11)21/h2-3,5,7H,4,6,8H2,1H3. The molecule has 0 N–H and O–H groups in total. The van der Waals surface area contributed by atoms with Crippen LogP contribution in [-0.4, -0.2) is 25.2 Å². The molecule has 0 fully saturated rings. The maximum absolute atomic E-state index is 14.2. The van der Waals surface area contributed by atoms with Crippen LogP contribution in [0.5, 0.6) is 0 Å². The summed E-state index contributed by atoms with van der Waals surface area (Å²) in [6.45, 7) is 0.361. The molecule has 1 aromatic carbocycles. The molecule has 21 heavy (non-hydrogen) atoms. The molecule has 4 nitrogen and oxygen atoms in total. The van der Waals surface area contributed by atoms with E-state index in [0.29, 0.717) is 30.2 Å². The fourth-order valence-electron chi connectivity index (χ4n) is 2.37. The Morgan fingerprint density at radius 3 is 2.71 bits per heavy atom. The van der Waals surface area contributed by atoms with Crippen LogP contribution in [0.3, 0.4) is 0 Å². The minimum atomic E-state index is -0.886. The molecule has 0 aliphatic rings. The number of halogens is 3. The van der Waals surface area contributed by atoms with E-state index in [0.717, 1.165) is 11.8 Å². The summed E-state index contributed by atoms with van der Waals surface area (Å²) in [5, 5.41) is 4.08. The van der Waals surface area contributed by atoms with Crippen molar-refractivity contribution in [2.45, 2.75) is 13.0 Å². The Bertz CT molecular complexity index is 794. The van der Waals surface area contributed by atoms with Crippen molar-refractivity contribution >= 4 is 22.6 Å². The van der Waals surface area contributed by atoms with E-state index in [1.54, 1.807) is 22.5 Å². The summed E-state index contributed by atoms with van der Waals surface area (Å²) in [5.74, 6) is -0.779. The third-order valence-electron chi connectivity index (χ3n) is 3.44. The number of fused-ring (bicyclic) bond motifs is 1. The maximum atomic E-state index is 14.2. The van der Waals surface area contributed by atoms with Gasteiger partial charge >= 0.3 is 0 Å². The fourth-order valence-corrected chi connectivity index (χ4v) is 2.54. The Labute approximate surface area is 125 Å². The van der Waals surface area contributed by atoms with E-state index in [1.807, 2.05) is 6.07 Å². The number of aryl methyl sites for hydroxylation is 2. The van der Waals surface area contributed by atoms with Gasteiger partial charge in [0.2, 0.25) is 0 Å². The van der Waals surface area contributed by atoms with E-state index in [2.05, 4.69) is 10.1 Å². The quantitative estimate of drug-likeness (QED) is 0.695. The second kappa shape index (κ2) is 5.44. The highest BCUT2D eigenvalue weighted by Crippen LogP contribution is 2.23. The molecule has 3 rings (SSSR count). The first kappa shape index (κ1) is 14.0. The highest BCUT2D eigenvalue weighted by molar-refractivity contribution is 6.17. The lowest BCUT2D eigenvalue weighted by molar-refractivity contribution is 0.511. The molecule has 0 saturated heterocycles. The molecule has 0 unspecified atom stereocenters. The number of hydrogen-bond donors (Lipinski definition) is 0. The summed E-state index contributed by atoms with van der Waals surface area (Å²) in [4.78, 5) is 4.36. The van der Waals surface area contributed by atoms with Gasteiger partial charge in [0.05, 0.1) is 17.8 Å². The number of alkyl halides is 1. The second-order valence-corrected chi connectivity index (χ2v) is 5.11. The van der Waals surface area contributed by atoms with Crippen molar-refractivity contribution in [2.24, 2.45) is 7.05 Å². The van der Waals surface area contributed by atoms with E-state index in [1.165, 1.54) is 6.07 Å². The number of hydrogen-bond acceptors (Lipinski definition) is 2. The molecule has 0 radical (unpaired) electrons. The minimum absolute atomic E-state index is 0.163. The maximum Gasteiger partial charge on any atom is 0.184 e. The van der Waals surface area contributed by atoms with Crippen LogP contribution in [0.2, 0.25) is 0 Å². The van der Waals surface area contributed by atoms with E-state index >= 15 is 0 Å². The molecule has 110 valence electrons. The zero-order chi connectivity index (χ0) is 15.0. The average molecular weight is 311 g/mol. The molecular weight excluding hydrogens is 298 g/mol. The van der Waals surface area contributed by atoms with Crippen LogP contribution in [0.25, 0.3) is 11.0 Å². The predicted molar refractivity (Wildman–Crippen MR) is 76.4 cm³/mol. The molecule has 0 bridgehead atoms. The van der Waals surface area contributed by atoms with Crippen molar-refractivity contribution in [1.82, 2.24) is 19.3 Å². The van der Waals surface area contributed by atoms with Gasteiger partial charge < -0.3 is 4.57 Å². The minimum Gasteiger partial charge on any atom is -0.319 e. The third-order valence-corrected chi connectivity index (χ3v) is 3.63. The molecule has 0 aliphatic heterocycles. The van der Waals surface area contributed by atoms with Crippen LogP contribution in [0.4, 0.5) is 8.78 Å². The van der Waals surface area contributed by atoms with Gasteiger partial charge in [-0.25, -0.2) is 13.8 Å². The van der Waals surface area contributed by atoms with Gasteiger partial charge in [-0.1, -0.05) is 0 Å². The van der Waals surface area contributed by atoms with Crippen molar-refractivity contribution < 1.29 is 8.78 Å². The van der Waals surface area contributed by atoms with Crippen LogP contribution in [0, 0.1) is 11.6 Å². The Kier molecular flexibility index (Phi) is 3.63.